The molecule has 0 aliphatic carbocycles. The van der Waals surface area contributed by atoms with Gasteiger partial charge in [-0.3, -0.25) is 4.84 Å². The number of benzene rings is 2. The first-order valence-corrected chi connectivity index (χ1v) is 9.20. The molecule has 3 aromatic rings. The van der Waals surface area contributed by atoms with E-state index < -0.39 is 0 Å². The molecule has 0 N–H and O–H groups in total. The van der Waals surface area contributed by atoms with Gasteiger partial charge in [-0.1, -0.05) is 54.1 Å². The van der Waals surface area contributed by atoms with Gasteiger partial charge in [-0.25, -0.2) is 4.98 Å². The molecule has 4 nitrogen and oxygen atoms in total. The molecule has 1 aliphatic heterocycles. The second kappa shape index (κ2) is 7.23. The van der Waals surface area contributed by atoms with Gasteiger partial charge in [0.1, 0.15) is 0 Å². The molecule has 0 spiro atoms. The van der Waals surface area contributed by atoms with E-state index in [0.29, 0.717) is 0 Å². The summed E-state index contributed by atoms with van der Waals surface area (Å²) in [5, 5.41) is 2.76. The van der Waals surface area contributed by atoms with E-state index in [2.05, 4.69) is 45.9 Å². The second-order valence-electron chi connectivity index (χ2n) is 6.89. The third-order valence-electron chi connectivity index (χ3n) is 5.17. The van der Waals surface area contributed by atoms with Gasteiger partial charge in [0.2, 0.25) is 0 Å². The lowest BCUT2D eigenvalue weighted by atomic mass is 9.84. The SMILES string of the molecule is CN1OC(Cc2ccccc2)CC1(Cn1ccnc1)c1ccc(Cl)cc1. The van der Waals surface area contributed by atoms with Gasteiger partial charge < -0.3 is 4.57 Å². The number of hydroxylamine groups is 2. The van der Waals surface area contributed by atoms with Crippen molar-refractivity contribution < 1.29 is 4.84 Å². The van der Waals surface area contributed by atoms with Crippen molar-refractivity contribution in [3.05, 3.63) is 89.5 Å². The van der Waals surface area contributed by atoms with Gasteiger partial charge in [0.25, 0.3) is 0 Å². The van der Waals surface area contributed by atoms with Crippen LogP contribution in [-0.2, 0) is 23.3 Å². The first-order chi connectivity index (χ1) is 12.7. The topological polar surface area (TPSA) is 30.3 Å². The number of likely N-dealkylation sites (N-methyl/N-ethyl adjacent to an activating group) is 1. The summed E-state index contributed by atoms with van der Waals surface area (Å²) in [6.07, 6.45) is 7.59. The van der Waals surface area contributed by atoms with E-state index in [0.717, 1.165) is 24.4 Å². The summed E-state index contributed by atoms with van der Waals surface area (Å²) in [5.41, 5.74) is 2.24. The number of nitrogens with zero attached hydrogens (tertiary/aromatic N) is 3. The lowest BCUT2D eigenvalue weighted by molar-refractivity contribution is -0.174. The van der Waals surface area contributed by atoms with Gasteiger partial charge in [-0.15, -0.1) is 0 Å². The molecule has 2 heterocycles. The molecular formula is C21H22ClN3O. The van der Waals surface area contributed by atoms with E-state index in [1.54, 1.807) is 0 Å². The number of halogens is 1. The highest BCUT2D eigenvalue weighted by Crippen LogP contribution is 2.42. The van der Waals surface area contributed by atoms with Crippen molar-refractivity contribution in [2.45, 2.75) is 31.0 Å². The summed E-state index contributed by atoms with van der Waals surface area (Å²) in [4.78, 5) is 10.5. The van der Waals surface area contributed by atoms with E-state index in [1.807, 2.05) is 49.0 Å². The minimum atomic E-state index is -0.259. The maximum atomic E-state index is 6.28. The Bertz CT molecular complexity index is 835. The Morgan fingerprint density at radius 3 is 2.62 bits per heavy atom. The fraction of sp³-hybridized carbons (Fsp3) is 0.286. The summed E-state index contributed by atoms with van der Waals surface area (Å²) in [5.74, 6) is 0. The first-order valence-electron chi connectivity index (χ1n) is 8.82. The zero-order valence-corrected chi connectivity index (χ0v) is 15.5. The van der Waals surface area contributed by atoms with Gasteiger partial charge in [0.05, 0.1) is 18.0 Å². The maximum Gasteiger partial charge on any atom is 0.0946 e. The zero-order valence-electron chi connectivity index (χ0n) is 14.8. The Morgan fingerprint density at radius 2 is 1.92 bits per heavy atom. The Kier molecular flexibility index (Phi) is 4.81. The monoisotopic (exact) mass is 367 g/mol. The summed E-state index contributed by atoms with van der Waals surface area (Å²) < 4.78 is 2.11. The molecule has 1 aromatic heterocycles. The molecule has 0 amide bonds. The highest BCUT2D eigenvalue weighted by atomic mass is 35.5. The predicted molar refractivity (Wildman–Crippen MR) is 103 cm³/mol. The lowest BCUT2D eigenvalue weighted by Crippen LogP contribution is -2.41. The summed E-state index contributed by atoms with van der Waals surface area (Å²) in [6.45, 7) is 0.774. The fourth-order valence-corrected chi connectivity index (χ4v) is 3.98. The minimum Gasteiger partial charge on any atom is -0.335 e. The predicted octanol–water partition coefficient (Wildman–Crippen LogP) is 4.31. The maximum absolute atomic E-state index is 6.28. The average Bonchev–Trinajstić information content (AvgIpc) is 3.25. The van der Waals surface area contributed by atoms with Gasteiger partial charge in [-0.2, -0.15) is 5.06 Å². The molecule has 5 heteroatoms. The van der Waals surface area contributed by atoms with Gasteiger partial charge in [-0.05, 0) is 23.3 Å². The van der Waals surface area contributed by atoms with Crippen LogP contribution in [0.4, 0.5) is 0 Å². The Labute approximate surface area is 158 Å². The van der Waals surface area contributed by atoms with Crippen molar-refractivity contribution in [1.29, 1.82) is 0 Å². The van der Waals surface area contributed by atoms with Crippen molar-refractivity contribution in [2.24, 2.45) is 0 Å². The van der Waals surface area contributed by atoms with Crippen molar-refractivity contribution in [2.75, 3.05) is 7.05 Å². The van der Waals surface area contributed by atoms with E-state index in [4.69, 9.17) is 16.4 Å². The molecule has 4 rings (SSSR count). The Hall–Kier alpha value is -2.14. The van der Waals surface area contributed by atoms with Crippen LogP contribution in [0.1, 0.15) is 17.5 Å². The van der Waals surface area contributed by atoms with Crippen LogP contribution >= 0.6 is 11.6 Å². The zero-order chi connectivity index (χ0) is 18.0. The second-order valence-corrected chi connectivity index (χ2v) is 7.33. The highest BCUT2D eigenvalue weighted by Gasteiger charge is 2.46. The molecule has 0 bridgehead atoms. The molecule has 1 fully saturated rings. The molecule has 2 unspecified atom stereocenters. The quantitative estimate of drug-likeness (QED) is 0.673. The molecule has 2 atom stereocenters. The molecule has 134 valence electrons. The van der Waals surface area contributed by atoms with E-state index in [1.165, 1.54) is 11.1 Å². The molecule has 0 radical (unpaired) electrons. The van der Waals surface area contributed by atoms with Crippen LogP contribution in [0.25, 0.3) is 0 Å². The smallest absolute Gasteiger partial charge is 0.0946 e. The normalized spacial score (nSPS) is 23.4. The van der Waals surface area contributed by atoms with Gasteiger partial charge >= 0.3 is 0 Å². The van der Waals surface area contributed by atoms with E-state index in [-0.39, 0.29) is 11.6 Å². The fourth-order valence-electron chi connectivity index (χ4n) is 3.85. The van der Waals surface area contributed by atoms with Crippen LogP contribution in [0, 0.1) is 0 Å². The third kappa shape index (κ3) is 3.40. The Morgan fingerprint density at radius 1 is 1.15 bits per heavy atom. The molecule has 26 heavy (non-hydrogen) atoms. The van der Waals surface area contributed by atoms with Crippen LogP contribution < -0.4 is 0 Å². The third-order valence-corrected chi connectivity index (χ3v) is 5.42. The lowest BCUT2D eigenvalue weighted by Gasteiger charge is -2.35. The standard InChI is InChI=1S/C21H22ClN3O/c1-24-21(15-25-12-11-23-16-25,18-7-9-19(22)10-8-18)14-20(26-24)13-17-5-3-2-4-6-17/h2-12,16,20H,13-15H2,1H3. The summed E-state index contributed by atoms with van der Waals surface area (Å²) in [7, 11) is 2.02. The molecule has 1 aliphatic rings. The molecule has 0 saturated carbocycles. The van der Waals surface area contributed by atoms with Gasteiger partial charge in [0.15, 0.2) is 0 Å². The first kappa shape index (κ1) is 17.3. The molecule has 1 saturated heterocycles. The number of aromatic nitrogens is 2. The van der Waals surface area contributed by atoms with Crippen LogP contribution in [0.2, 0.25) is 5.02 Å². The van der Waals surface area contributed by atoms with Crippen LogP contribution in [0.15, 0.2) is 73.3 Å². The Balaban J connectivity index is 1.65. The van der Waals surface area contributed by atoms with E-state index in [9.17, 15) is 0 Å². The van der Waals surface area contributed by atoms with Crippen molar-refractivity contribution in [3.8, 4) is 0 Å². The van der Waals surface area contributed by atoms with Crippen LogP contribution in [0.5, 0.6) is 0 Å². The highest BCUT2D eigenvalue weighted by molar-refractivity contribution is 6.30. The summed E-state index contributed by atoms with van der Waals surface area (Å²) in [6, 6.07) is 18.6. The molecule has 2 aromatic carbocycles. The number of hydrogen-bond acceptors (Lipinski definition) is 3. The number of hydrogen-bond donors (Lipinski definition) is 0. The average molecular weight is 368 g/mol. The van der Waals surface area contributed by atoms with Crippen LogP contribution in [0.3, 0.4) is 0 Å². The number of rotatable bonds is 5. The van der Waals surface area contributed by atoms with Crippen LogP contribution in [-0.4, -0.2) is 27.8 Å². The van der Waals surface area contributed by atoms with E-state index >= 15 is 0 Å². The molecular weight excluding hydrogens is 346 g/mol. The largest absolute Gasteiger partial charge is 0.335 e. The minimum absolute atomic E-state index is 0.126. The summed E-state index contributed by atoms with van der Waals surface area (Å²) >= 11 is 6.12. The van der Waals surface area contributed by atoms with Crippen molar-refractivity contribution in [1.82, 2.24) is 14.6 Å². The van der Waals surface area contributed by atoms with Crippen molar-refractivity contribution in [3.63, 3.8) is 0 Å². The van der Waals surface area contributed by atoms with Gasteiger partial charge in [0, 0.05) is 43.9 Å². The van der Waals surface area contributed by atoms with Crippen molar-refractivity contribution >= 4 is 11.6 Å². The number of imidazole rings is 1.